The standard InChI is InChI=1S/C21H20ClFN4O2S/c1-3-12-27-20(14(2)29-16-10-8-15(23)9-11-16)25-26-21(27)30-13-19(28)24-18-7-5-4-6-17(18)22/h3-11,14H,1,12-13H2,2H3,(H,24,28). The lowest BCUT2D eigenvalue weighted by Gasteiger charge is -2.15. The number of nitrogens with one attached hydrogen (secondary N) is 1. The third-order valence-electron chi connectivity index (χ3n) is 4.03. The van der Waals surface area contributed by atoms with Crippen LogP contribution in [0.4, 0.5) is 10.1 Å². The van der Waals surface area contributed by atoms with Gasteiger partial charge in [-0.15, -0.1) is 16.8 Å². The number of benzene rings is 2. The second kappa shape index (κ2) is 10.3. The Morgan fingerprint density at radius 3 is 2.73 bits per heavy atom. The van der Waals surface area contributed by atoms with E-state index >= 15 is 0 Å². The van der Waals surface area contributed by atoms with Gasteiger partial charge in [0.2, 0.25) is 5.91 Å². The second-order valence-electron chi connectivity index (χ2n) is 6.27. The average molecular weight is 447 g/mol. The number of amides is 1. The Morgan fingerprint density at radius 1 is 1.30 bits per heavy atom. The molecule has 1 heterocycles. The van der Waals surface area contributed by atoms with Crippen LogP contribution >= 0.6 is 23.4 Å². The van der Waals surface area contributed by atoms with Crippen LogP contribution in [0.3, 0.4) is 0 Å². The Labute approximate surface area is 183 Å². The highest BCUT2D eigenvalue weighted by Crippen LogP contribution is 2.26. The van der Waals surface area contributed by atoms with Crippen LogP contribution in [-0.2, 0) is 11.3 Å². The number of carbonyl (C=O) groups excluding carboxylic acids is 1. The van der Waals surface area contributed by atoms with Gasteiger partial charge in [-0.1, -0.05) is 41.6 Å². The summed E-state index contributed by atoms with van der Waals surface area (Å²) in [4.78, 5) is 12.3. The fourth-order valence-electron chi connectivity index (χ4n) is 2.66. The minimum Gasteiger partial charge on any atom is -0.483 e. The molecule has 1 N–H and O–H groups in total. The molecule has 156 valence electrons. The molecule has 0 saturated heterocycles. The minimum absolute atomic E-state index is 0.133. The van der Waals surface area contributed by atoms with Crippen LogP contribution in [0, 0.1) is 5.82 Å². The largest absolute Gasteiger partial charge is 0.483 e. The number of hydrogen-bond acceptors (Lipinski definition) is 5. The monoisotopic (exact) mass is 446 g/mol. The minimum atomic E-state index is -0.436. The lowest BCUT2D eigenvalue weighted by atomic mass is 10.3. The van der Waals surface area contributed by atoms with Gasteiger partial charge >= 0.3 is 0 Å². The van der Waals surface area contributed by atoms with Gasteiger partial charge < -0.3 is 10.1 Å². The van der Waals surface area contributed by atoms with Crippen molar-refractivity contribution in [2.45, 2.75) is 24.7 Å². The number of anilines is 1. The maximum atomic E-state index is 13.1. The van der Waals surface area contributed by atoms with Crippen molar-refractivity contribution >= 4 is 35.0 Å². The Hall–Kier alpha value is -2.84. The number of thioether (sulfide) groups is 1. The molecular formula is C21H20ClFN4O2S. The summed E-state index contributed by atoms with van der Waals surface area (Å²) in [7, 11) is 0. The van der Waals surface area contributed by atoms with Crippen LogP contribution in [0.25, 0.3) is 0 Å². The van der Waals surface area contributed by atoms with E-state index in [0.29, 0.717) is 34.0 Å². The number of carbonyl (C=O) groups is 1. The topological polar surface area (TPSA) is 69.0 Å². The summed E-state index contributed by atoms with van der Waals surface area (Å²) < 4.78 is 20.8. The fourth-order valence-corrected chi connectivity index (χ4v) is 3.59. The smallest absolute Gasteiger partial charge is 0.234 e. The Kier molecular flexibility index (Phi) is 7.48. The van der Waals surface area contributed by atoms with Gasteiger partial charge in [0.1, 0.15) is 11.6 Å². The Bertz CT molecular complexity index is 1030. The Morgan fingerprint density at radius 2 is 2.03 bits per heavy atom. The first-order valence-corrected chi connectivity index (χ1v) is 10.5. The highest BCUT2D eigenvalue weighted by molar-refractivity contribution is 7.99. The van der Waals surface area contributed by atoms with Gasteiger partial charge in [-0.3, -0.25) is 9.36 Å². The molecule has 0 aliphatic carbocycles. The molecule has 1 atom stereocenters. The summed E-state index contributed by atoms with van der Waals surface area (Å²) in [6, 6.07) is 12.8. The molecule has 3 rings (SSSR count). The molecule has 30 heavy (non-hydrogen) atoms. The van der Waals surface area contributed by atoms with Crippen molar-refractivity contribution in [3.63, 3.8) is 0 Å². The maximum Gasteiger partial charge on any atom is 0.234 e. The van der Waals surface area contributed by atoms with Gasteiger partial charge in [-0.2, -0.15) is 0 Å². The molecule has 0 aliphatic rings. The lowest BCUT2D eigenvalue weighted by molar-refractivity contribution is -0.113. The third-order valence-corrected chi connectivity index (χ3v) is 5.32. The molecular weight excluding hydrogens is 427 g/mol. The van der Waals surface area contributed by atoms with Gasteiger partial charge in [-0.25, -0.2) is 4.39 Å². The molecule has 9 heteroatoms. The highest BCUT2D eigenvalue weighted by atomic mass is 35.5. The number of allylic oxidation sites excluding steroid dienone is 1. The van der Waals surface area contributed by atoms with Gasteiger partial charge in [-0.05, 0) is 43.3 Å². The molecule has 3 aromatic rings. The zero-order valence-electron chi connectivity index (χ0n) is 16.2. The summed E-state index contributed by atoms with van der Waals surface area (Å²) in [5, 5.41) is 12.2. The van der Waals surface area contributed by atoms with Gasteiger partial charge in [0, 0.05) is 6.54 Å². The first-order valence-electron chi connectivity index (χ1n) is 9.11. The molecule has 0 spiro atoms. The van der Waals surface area contributed by atoms with Crippen LogP contribution in [0.1, 0.15) is 18.9 Å². The number of nitrogens with zero attached hydrogens (tertiary/aromatic N) is 3. The van der Waals surface area contributed by atoms with Crippen molar-refractivity contribution in [2.24, 2.45) is 0 Å². The van der Waals surface area contributed by atoms with Crippen molar-refractivity contribution in [1.82, 2.24) is 14.8 Å². The van der Waals surface area contributed by atoms with Crippen LogP contribution in [-0.4, -0.2) is 26.4 Å². The first kappa shape index (κ1) is 21.9. The quantitative estimate of drug-likeness (QED) is 0.364. The van der Waals surface area contributed by atoms with Crippen LogP contribution in [0.2, 0.25) is 5.02 Å². The molecule has 0 radical (unpaired) electrons. The second-order valence-corrected chi connectivity index (χ2v) is 7.62. The molecule has 1 amide bonds. The van der Waals surface area contributed by atoms with E-state index in [2.05, 4.69) is 22.1 Å². The molecule has 0 aliphatic heterocycles. The van der Waals surface area contributed by atoms with Crippen LogP contribution in [0.5, 0.6) is 5.75 Å². The average Bonchev–Trinajstić information content (AvgIpc) is 3.13. The number of ether oxygens (including phenoxy) is 1. The summed E-state index contributed by atoms with van der Waals surface area (Å²) >= 11 is 7.32. The van der Waals surface area contributed by atoms with E-state index in [1.54, 1.807) is 42.5 Å². The van der Waals surface area contributed by atoms with E-state index in [4.69, 9.17) is 16.3 Å². The van der Waals surface area contributed by atoms with Crippen molar-refractivity contribution in [1.29, 1.82) is 0 Å². The lowest BCUT2D eigenvalue weighted by Crippen LogP contribution is -2.15. The van der Waals surface area contributed by atoms with Crippen molar-refractivity contribution in [3.8, 4) is 5.75 Å². The molecule has 0 bridgehead atoms. The predicted molar refractivity (Wildman–Crippen MR) is 116 cm³/mol. The predicted octanol–water partition coefficient (Wildman–Crippen LogP) is 5.13. The summed E-state index contributed by atoms with van der Waals surface area (Å²) in [6.45, 7) is 6.05. The third kappa shape index (κ3) is 5.61. The molecule has 2 aromatic carbocycles. The normalized spacial score (nSPS) is 11.7. The van der Waals surface area contributed by atoms with Crippen molar-refractivity contribution < 1.29 is 13.9 Å². The van der Waals surface area contributed by atoms with E-state index in [0.717, 1.165) is 0 Å². The molecule has 0 fully saturated rings. The van der Waals surface area contributed by atoms with Gasteiger partial charge in [0.15, 0.2) is 17.1 Å². The number of halogens is 2. The maximum absolute atomic E-state index is 13.1. The van der Waals surface area contributed by atoms with E-state index in [-0.39, 0.29) is 17.5 Å². The number of para-hydroxylation sites is 1. The van der Waals surface area contributed by atoms with Gasteiger partial charge in [0.05, 0.1) is 16.5 Å². The number of hydrogen-bond donors (Lipinski definition) is 1. The zero-order chi connectivity index (χ0) is 21.5. The van der Waals surface area contributed by atoms with E-state index in [1.807, 2.05) is 11.5 Å². The highest BCUT2D eigenvalue weighted by Gasteiger charge is 2.20. The van der Waals surface area contributed by atoms with Crippen LogP contribution < -0.4 is 10.1 Å². The Balaban J connectivity index is 1.67. The van der Waals surface area contributed by atoms with Gasteiger partial charge in [0.25, 0.3) is 0 Å². The number of aromatic nitrogens is 3. The summed E-state index contributed by atoms with van der Waals surface area (Å²) in [5.74, 6) is 0.684. The molecule has 1 aromatic heterocycles. The molecule has 1 unspecified atom stereocenters. The van der Waals surface area contributed by atoms with E-state index in [1.165, 1.54) is 23.9 Å². The van der Waals surface area contributed by atoms with E-state index in [9.17, 15) is 9.18 Å². The SMILES string of the molecule is C=CCn1c(SCC(=O)Nc2ccccc2Cl)nnc1C(C)Oc1ccc(F)cc1. The molecule has 0 saturated carbocycles. The number of rotatable bonds is 9. The van der Waals surface area contributed by atoms with Crippen molar-refractivity contribution in [3.05, 3.63) is 77.9 Å². The first-order chi connectivity index (χ1) is 14.5. The van der Waals surface area contributed by atoms with Crippen molar-refractivity contribution in [2.75, 3.05) is 11.1 Å². The summed E-state index contributed by atoms with van der Waals surface area (Å²) in [6.07, 6.45) is 1.28. The summed E-state index contributed by atoms with van der Waals surface area (Å²) in [5.41, 5.74) is 0.555. The zero-order valence-corrected chi connectivity index (χ0v) is 17.8. The fraction of sp³-hybridized carbons (Fsp3) is 0.190. The van der Waals surface area contributed by atoms with Crippen LogP contribution in [0.15, 0.2) is 66.3 Å². The van der Waals surface area contributed by atoms with E-state index < -0.39 is 6.10 Å². The molecule has 6 nitrogen and oxygen atoms in total.